The zero-order valence-electron chi connectivity index (χ0n) is 17.3. The summed E-state index contributed by atoms with van der Waals surface area (Å²) in [5.74, 6) is -0.332. The SMILES string of the molecule is Cc1oc2ncn(CCN3CCCC3)c(=O)c2c1C(=O)Nc1ccc(S(N)(=O)=O)nc1.Cl. The second-order valence-electron chi connectivity index (χ2n) is 7.39. The highest BCUT2D eigenvalue weighted by atomic mass is 35.5. The molecule has 0 unspecified atom stereocenters. The second-order valence-corrected chi connectivity index (χ2v) is 8.90. The van der Waals surface area contributed by atoms with E-state index in [9.17, 15) is 18.0 Å². The van der Waals surface area contributed by atoms with Crippen molar-refractivity contribution in [3.63, 3.8) is 0 Å². The average molecular weight is 483 g/mol. The fraction of sp³-hybridized carbons (Fsp3) is 0.368. The highest BCUT2D eigenvalue weighted by Gasteiger charge is 2.23. The number of hydrogen-bond acceptors (Lipinski definition) is 8. The molecule has 13 heteroatoms. The number of nitrogens with zero attached hydrogens (tertiary/aromatic N) is 4. The number of sulfonamides is 1. The molecule has 32 heavy (non-hydrogen) atoms. The van der Waals surface area contributed by atoms with Crippen molar-refractivity contribution in [2.45, 2.75) is 31.3 Å². The molecule has 1 saturated heterocycles. The van der Waals surface area contributed by atoms with Crippen LogP contribution in [0.15, 0.2) is 38.9 Å². The summed E-state index contributed by atoms with van der Waals surface area (Å²) in [6, 6.07) is 2.53. The summed E-state index contributed by atoms with van der Waals surface area (Å²) in [5, 5.41) is 7.41. The number of primary sulfonamides is 1. The van der Waals surface area contributed by atoms with Crippen LogP contribution in [0.2, 0.25) is 0 Å². The number of hydrogen-bond donors (Lipinski definition) is 2. The molecule has 0 spiro atoms. The lowest BCUT2D eigenvalue weighted by atomic mass is 10.1. The first-order valence-electron chi connectivity index (χ1n) is 9.75. The normalized spacial score (nSPS) is 14.4. The number of anilines is 1. The lowest BCUT2D eigenvalue weighted by molar-refractivity contribution is 0.102. The largest absolute Gasteiger partial charge is 0.442 e. The minimum Gasteiger partial charge on any atom is -0.442 e. The molecule has 1 fully saturated rings. The summed E-state index contributed by atoms with van der Waals surface area (Å²) >= 11 is 0. The van der Waals surface area contributed by atoms with Gasteiger partial charge in [-0.05, 0) is 45.0 Å². The summed E-state index contributed by atoms with van der Waals surface area (Å²) in [6.45, 7) is 4.80. The second kappa shape index (κ2) is 9.36. The molecule has 3 aromatic rings. The van der Waals surface area contributed by atoms with Crippen LogP contribution in [-0.2, 0) is 16.6 Å². The Morgan fingerprint density at radius 3 is 2.56 bits per heavy atom. The van der Waals surface area contributed by atoms with Crippen molar-refractivity contribution in [1.29, 1.82) is 0 Å². The van der Waals surface area contributed by atoms with E-state index < -0.39 is 15.9 Å². The van der Waals surface area contributed by atoms with Crippen molar-refractivity contribution < 1.29 is 17.6 Å². The Morgan fingerprint density at radius 1 is 1.22 bits per heavy atom. The maximum atomic E-state index is 13.1. The first kappa shape index (κ1) is 23.9. The predicted octanol–water partition coefficient (Wildman–Crippen LogP) is 1.11. The summed E-state index contributed by atoms with van der Waals surface area (Å²) in [7, 11) is -3.94. The Hall–Kier alpha value is -2.80. The van der Waals surface area contributed by atoms with Crippen molar-refractivity contribution in [3.05, 3.63) is 46.3 Å². The number of carbonyl (C=O) groups is 1. The third-order valence-corrected chi connectivity index (χ3v) is 6.05. The van der Waals surface area contributed by atoms with Crippen molar-refractivity contribution >= 4 is 45.1 Å². The number of furan rings is 1. The van der Waals surface area contributed by atoms with Crippen molar-refractivity contribution in [2.75, 3.05) is 25.0 Å². The smallest absolute Gasteiger partial charge is 0.265 e. The van der Waals surface area contributed by atoms with Crippen molar-refractivity contribution in [1.82, 2.24) is 19.4 Å². The summed E-state index contributed by atoms with van der Waals surface area (Å²) in [5.41, 5.74) is 0.0598. The molecule has 1 amide bonds. The van der Waals surface area contributed by atoms with E-state index in [0.29, 0.717) is 6.54 Å². The standard InChI is InChI=1S/C19H22N6O5S.ClH/c1-12-15(17(26)23-13-4-5-14(21-10-13)31(20,28)29)16-18(30-12)22-11-25(19(16)27)9-8-24-6-2-3-7-24;/h4-5,10-11H,2-3,6-9H2,1H3,(H,23,26)(H2,20,28,29);1H. The van der Waals surface area contributed by atoms with Gasteiger partial charge in [-0.25, -0.2) is 23.5 Å². The highest BCUT2D eigenvalue weighted by Crippen LogP contribution is 2.22. The van der Waals surface area contributed by atoms with Gasteiger partial charge in [-0.2, -0.15) is 0 Å². The third-order valence-electron chi connectivity index (χ3n) is 5.22. The van der Waals surface area contributed by atoms with E-state index in [1.807, 2.05) is 0 Å². The van der Waals surface area contributed by atoms with Gasteiger partial charge in [0.25, 0.3) is 21.5 Å². The van der Waals surface area contributed by atoms with Crippen LogP contribution in [0.4, 0.5) is 5.69 Å². The Bertz CT molecular complexity index is 1300. The van der Waals surface area contributed by atoms with Crippen LogP contribution in [0.25, 0.3) is 11.1 Å². The average Bonchev–Trinajstić information content (AvgIpc) is 3.34. The Labute approximate surface area is 190 Å². The Kier molecular flexibility index (Phi) is 6.98. The lowest BCUT2D eigenvalue weighted by Crippen LogP contribution is -2.30. The lowest BCUT2D eigenvalue weighted by Gasteiger charge is -2.14. The number of nitrogens with one attached hydrogen (secondary N) is 1. The van der Waals surface area contributed by atoms with Crippen LogP contribution in [0, 0.1) is 6.92 Å². The Balaban J connectivity index is 0.00000289. The van der Waals surface area contributed by atoms with Gasteiger partial charge in [-0.15, -0.1) is 12.4 Å². The highest BCUT2D eigenvalue weighted by molar-refractivity contribution is 7.89. The van der Waals surface area contributed by atoms with Crippen LogP contribution in [0.1, 0.15) is 29.0 Å². The molecule has 0 radical (unpaired) electrons. The number of rotatable bonds is 6. The molecule has 0 aromatic carbocycles. The monoisotopic (exact) mass is 482 g/mol. The summed E-state index contributed by atoms with van der Waals surface area (Å²) < 4.78 is 29.6. The molecule has 0 aliphatic carbocycles. The van der Waals surface area contributed by atoms with E-state index in [-0.39, 0.29) is 51.1 Å². The van der Waals surface area contributed by atoms with E-state index in [1.54, 1.807) is 6.92 Å². The first-order chi connectivity index (χ1) is 14.7. The number of pyridine rings is 1. The molecule has 0 bridgehead atoms. The molecule has 11 nitrogen and oxygen atoms in total. The number of nitrogens with two attached hydrogens (primary N) is 1. The van der Waals surface area contributed by atoms with Crippen LogP contribution >= 0.6 is 12.4 Å². The van der Waals surface area contributed by atoms with Crippen LogP contribution in [0.3, 0.4) is 0 Å². The Morgan fingerprint density at radius 2 is 1.94 bits per heavy atom. The quantitative estimate of drug-likeness (QED) is 0.529. The number of aryl methyl sites for hydroxylation is 1. The van der Waals surface area contributed by atoms with Gasteiger partial charge in [0.05, 0.1) is 17.4 Å². The number of halogens is 1. The topological polar surface area (TPSA) is 153 Å². The van der Waals surface area contributed by atoms with E-state index in [1.165, 1.54) is 29.2 Å². The predicted molar refractivity (Wildman–Crippen MR) is 119 cm³/mol. The summed E-state index contributed by atoms with van der Waals surface area (Å²) in [4.78, 5) is 36.2. The zero-order chi connectivity index (χ0) is 22.2. The minimum atomic E-state index is -3.94. The fourth-order valence-corrected chi connectivity index (χ4v) is 4.10. The molecule has 4 heterocycles. The van der Waals surface area contributed by atoms with Crippen molar-refractivity contribution in [2.24, 2.45) is 5.14 Å². The summed E-state index contributed by atoms with van der Waals surface area (Å²) in [6.07, 6.45) is 4.91. The van der Waals surface area contributed by atoms with E-state index in [4.69, 9.17) is 9.56 Å². The van der Waals surface area contributed by atoms with E-state index in [0.717, 1.165) is 32.5 Å². The van der Waals surface area contributed by atoms with Crippen molar-refractivity contribution in [3.8, 4) is 0 Å². The molecule has 172 valence electrons. The zero-order valence-corrected chi connectivity index (χ0v) is 18.9. The molecule has 1 aliphatic heterocycles. The van der Waals surface area contributed by atoms with Crippen LogP contribution < -0.4 is 16.0 Å². The molecule has 0 atom stereocenters. The van der Waals surface area contributed by atoms with Gasteiger partial charge in [0.15, 0.2) is 5.03 Å². The molecule has 0 saturated carbocycles. The van der Waals surface area contributed by atoms with E-state index in [2.05, 4.69) is 20.2 Å². The maximum absolute atomic E-state index is 13.1. The van der Waals surface area contributed by atoms with Gasteiger partial charge in [-0.3, -0.25) is 14.2 Å². The van der Waals surface area contributed by atoms with Gasteiger partial charge in [0, 0.05) is 13.1 Å². The number of carbonyl (C=O) groups excluding carboxylic acids is 1. The molecule has 4 rings (SSSR count). The van der Waals surface area contributed by atoms with Crippen LogP contribution in [-0.4, -0.2) is 53.4 Å². The molecule has 3 N–H and O–H groups in total. The number of aromatic nitrogens is 3. The molecule has 3 aromatic heterocycles. The number of fused-ring (bicyclic) bond motifs is 1. The fourth-order valence-electron chi connectivity index (χ4n) is 3.64. The van der Waals surface area contributed by atoms with E-state index >= 15 is 0 Å². The maximum Gasteiger partial charge on any atom is 0.265 e. The molecular formula is C19H23ClN6O5S. The first-order valence-corrected chi connectivity index (χ1v) is 11.3. The van der Waals surface area contributed by atoms with Gasteiger partial charge < -0.3 is 14.6 Å². The van der Waals surface area contributed by atoms with Gasteiger partial charge >= 0.3 is 0 Å². The van der Waals surface area contributed by atoms with Crippen LogP contribution in [0.5, 0.6) is 0 Å². The minimum absolute atomic E-state index is 0. The van der Waals surface area contributed by atoms with Gasteiger partial charge in [-0.1, -0.05) is 0 Å². The molecule has 1 aliphatic rings. The van der Waals surface area contributed by atoms with Gasteiger partial charge in [0.2, 0.25) is 5.71 Å². The number of likely N-dealkylation sites (tertiary alicyclic amines) is 1. The van der Waals surface area contributed by atoms with Gasteiger partial charge in [0.1, 0.15) is 17.5 Å². The number of amides is 1. The molecular weight excluding hydrogens is 460 g/mol. The third kappa shape index (κ3) is 4.83.